The maximum atomic E-state index is 13.9. The van der Waals surface area contributed by atoms with Crippen LogP contribution in [0.25, 0.3) is 6.08 Å². The van der Waals surface area contributed by atoms with Crippen LogP contribution in [0.1, 0.15) is 15.9 Å². The number of halogens is 1. The molecule has 0 atom stereocenters. The number of carbonyl (C=O) groups excluding carboxylic acids is 1. The van der Waals surface area contributed by atoms with Crippen LogP contribution in [-0.4, -0.2) is 22.9 Å². The lowest BCUT2D eigenvalue weighted by Crippen LogP contribution is -2.30. The number of hydrogen-bond acceptors (Lipinski definition) is 4. The van der Waals surface area contributed by atoms with Crippen molar-refractivity contribution >= 4 is 24.4 Å². The lowest BCUT2D eigenvalue weighted by atomic mass is 9.80. The second kappa shape index (κ2) is 5.16. The number of ketones is 1. The molecule has 1 aliphatic heterocycles. The quantitative estimate of drug-likeness (QED) is 0.640. The summed E-state index contributed by atoms with van der Waals surface area (Å²) in [6.45, 7) is 0. The summed E-state index contributed by atoms with van der Waals surface area (Å²) in [5.41, 5.74) is 0.610. The van der Waals surface area contributed by atoms with Gasteiger partial charge in [0.15, 0.2) is 5.76 Å². The average molecular weight is 284 g/mol. The van der Waals surface area contributed by atoms with Crippen molar-refractivity contribution < 1.29 is 24.0 Å². The van der Waals surface area contributed by atoms with E-state index >= 15 is 0 Å². The fraction of sp³-hybridized carbons (Fsp3) is 0. The van der Waals surface area contributed by atoms with E-state index < -0.39 is 12.9 Å². The highest BCUT2D eigenvalue weighted by molar-refractivity contribution is 6.58. The van der Waals surface area contributed by atoms with Crippen LogP contribution < -0.4 is 10.2 Å². The predicted octanol–water partition coefficient (Wildman–Crippen LogP) is 1.12. The van der Waals surface area contributed by atoms with Gasteiger partial charge in [0, 0.05) is 5.56 Å². The molecule has 1 heterocycles. The third kappa shape index (κ3) is 2.46. The van der Waals surface area contributed by atoms with Gasteiger partial charge in [0.1, 0.15) is 11.6 Å². The summed E-state index contributed by atoms with van der Waals surface area (Å²) in [4.78, 5) is 12.1. The Kier molecular flexibility index (Phi) is 3.33. The Morgan fingerprint density at radius 1 is 1.14 bits per heavy atom. The molecule has 0 spiro atoms. The Hall–Kier alpha value is -2.44. The Labute approximate surface area is 120 Å². The van der Waals surface area contributed by atoms with Gasteiger partial charge in [-0.25, -0.2) is 4.39 Å². The van der Waals surface area contributed by atoms with Crippen LogP contribution in [0.2, 0.25) is 0 Å². The number of rotatable bonds is 2. The van der Waals surface area contributed by atoms with E-state index in [1.165, 1.54) is 18.2 Å². The van der Waals surface area contributed by atoms with Crippen molar-refractivity contribution in [3.8, 4) is 5.75 Å². The molecule has 0 saturated heterocycles. The number of fused-ring (bicyclic) bond motifs is 1. The van der Waals surface area contributed by atoms with Gasteiger partial charge in [-0.3, -0.25) is 4.79 Å². The third-order valence-corrected chi connectivity index (χ3v) is 3.18. The molecule has 0 fully saturated rings. The minimum absolute atomic E-state index is 0.0346. The van der Waals surface area contributed by atoms with E-state index in [0.29, 0.717) is 11.3 Å². The first kappa shape index (κ1) is 13.5. The molecular formula is C15H10BFO4. The smallest absolute Gasteiger partial charge is 0.452 e. The molecule has 0 saturated carbocycles. The SMILES string of the molecule is O=C1/C(=C/c2ccc(B(O)O)cc2F)Oc2ccccc21. The Balaban J connectivity index is 1.96. The molecule has 2 aromatic rings. The first-order chi connectivity index (χ1) is 10.1. The first-order valence-corrected chi connectivity index (χ1v) is 6.25. The van der Waals surface area contributed by atoms with Gasteiger partial charge in [0.25, 0.3) is 0 Å². The van der Waals surface area contributed by atoms with E-state index in [9.17, 15) is 9.18 Å². The molecule has 0 amide bonds. The topological polar surface area (TPSA) is 66.8 Å². The molecule has 3 rings (SSSR count). The zero-order chi connectivity index (χ0) is 15.0. The lowest BCUT2D eigenvalue weighted by molar-refractivity contribution is 0.101. The summed E-state index contributed by atoms with van der Waals surface area (Å²) >= 11 is 0. The van der Waals surface area contributed by atoms with Gasteiger partial charge in [-0.2, -0.15) is 0 Å². The van der Waals surface area contributed by atoms with Crippen molar-refractivity contribution in [3.63, 3.8) is 0 Å². The number of benzene rings is 2. The second-order valence-electron chi connectivity index (χ2n) is 4.59. The van der Waals surface area contributed by atoms with E-state index in [4.69, 9.17) is 14.8 Å². The summed E-state index contributed by atoms with van der Waals surface area (Å²) in [7, 11) is -1.74. The van der Waals surface area contributed by atoms with Crippen molar-refractivity contribution in [1.82, 2.24) is 0 Å². The summed E-state index contributed by atoms with van der Waals surface area (Å²) in [5, 5.41) is 18.0. The average Bonchev–Trinajstić information content (AvgIpc) is 2.78. The molecule has 2 N–H and O–H groups in total. The van der Waals surface area contributed by atoms with Crippen LogP contribution in [-0.2, 0) is 0 Å². The number of hydrogen-bond donors (Lipinski definition) is 2. The summed E-state index contributed by atoms with van der Waals surface area (Å²) in [5.74, 6) is -0.499. The van der Waals surface area contributed by atoms with Gasteiger partial charge >= 0.3 is 7.12 Å². The molecule has 2 aromatic carbocycles. The van der Waals surface area contributed by atoms with Crippen LogP contribution >= 0.6 is 0 Å². The zero-order valence-electron chi connectivity index (χ0n) is 10.8. The summed E-state index contributed by atoms with van der Waals surface area (Å²) in [6.07, 6.45) is 1.30. The van der Waals surface area contributed by atoms with Gasteiger partial charge in [0.2, 0.25) is 5.78 Å². The van der Waals surface area contributed by atoms with E-state index in [0.717, 1.165) is 6.07 Å². The van der Waals surface area contributed by atoms with Crippen molar-refractivity contribution in [2.75, 3.05) is 0 Å². The van der Waals surface area contributed by atoms with Crippen LogP contribution in [0.15, 0.2) is 48.2 Å². The highest BCUT2D eigenvalue weighted by Gasteiger charge is 2.27. The maximum absolute atomic E-state index is 13.9. The standard InChI is InChI=1S/C15H10BFO4/c17-12-8-10(16(19)20)6-5-9(12)7-14-15(18)11-3-1-2-4-13(11)21-14/h1-8,19-20H/b14-7-. The highest BCUT2D eigenvalue weighted by atomic mass is 19.1. The van der Waals surface area contributed by atoms with Crippen LogP contribution in [0, 0.1) is 5.82 Å². The molecule has 21 heavy (non-hydrogen) atoms. The molecule has 0 bridgehead atoms. The molecular weight excluding hydrogens is 274 g/mol. The number of para-hydroxylation sites is 1. The Bertz CT molecular complexity index is 755. The molecule has 0 aromatic heterocycles. The van der Waals surface area contributed by atoms with Crippen molar-refractivity contribution in [2.45, 2.75) is 0 Å². The molecule has 4 nitrogen and oxygen atoms in total. The monoisotopic (exact) mass is 284 g/mol. The Morgan fingerprint density at radius 3 is 2.57 bits per heavy atom. The zero-order valence-corrected chi connectivity index (χ0v) is 10.8. The Morgan fingerprint density at radius 2 is 1.90 bits per heavy atom. The van der Waals surface area contributed by atoms with E-state index in [1.807, 2.05) is 0 Å². The van der Waals surface area contributed by atoms with Gasteiger partial charge in [0.05, 0.1) is 5.56 Å². The van der Waals surface area contributed by atoms with Crippen LogP contribution in [0.5, 0.6) is 5.75 Å². The molecule has 104 valence electrons. The molecule has 6 heteroatoms. The van der Waals surface area contributed by atoms with Crippen LogP contribution in [0.3, 0.4) is 0 Å². The number of ether oxygens (including phenoxy) is 1. The van der Waals surface area contributed by atoms with Gasteiger partial charge < -0.3 is 14.8 Å². The molecule has 0 unspecified atom stereocenters. The minimum Gasteiger partial charge on any atom is -0.452 e. The fourth-order valence-electron chi connectivity index (χ4n) is 2.10. The first-order valence-electron chi connectivity index (χ1n) is 6.25. The van der Waals surface area contributed by atoms with E-state index in [2.05, 4.69) is 0 Å². The maximum Gasteiger partial charge on any atom is 0.488 e. The fourth-order valence-corrected chi connectivity index (χ4v) is 2.10. The molecule has 1 aliphatic rings. The highest BCUT2D eigenvalue weighted by Crippen LogP contribution is 2.31. The number of allylic oxidation sites excluding steroid dienone is 1. The number of carbonyl (C=O) groups is 1. The van der Waals surface area contributed by atoms with Gasteiger partial charge in [-0.05, 0) is 29.7 Å². The van der Waals surface area contributed by atoms with Gasteiger partial charge in [-0.1, -0.05) is 24.3 Å². The van der Waals surface area contributed by atoms with E-state index in [1.54, 1.807) is 24.3 Å². The number of Topliss-reactive ketones (excluding diaryl/α,β-unsaturated/α-hetero) is 1. The summed E-state index contributed by atoms with van der Waals surface area (Å²) in [6, 6.07) is 10.5. The summed E-state index contributed by atoms with van der Waals surface area (Å²) < 4.78 is 19.3. The minimum atomic E-state index is -1.74. The van der Waals surface area contributed by atoms with Crippen LogP contribution in [0.4, 0.5) is 4.39 Å². The normalized spacial score (nSPS) is 15.0. The largest absolute Gasteiger partial charge is 0.488 e. The van der Waals surface area contributed by atoms with Crippen molar-refractivity contribution in [2.24, 2.45) is 0 Å². The van der Waals surface area contributed by atoms with Gasteiger partial charge in [-0.15, -0.1) is 0 Å². The van der Waals surface area contributed by atoms with E-state index in [-0.39, 0.29) is 22.6 Å². The van der Waals surface area contributed by atoms with Crippen molar-refractivity contribution in [1.29, 1.82) is 0 Å². The molecule has 0 aliphatic carbocycles. The predicted molar refractivity (Wildman–Crippen MR) is 75.6 cm³/mol. The second-order valence-corrected chi connectivity index (χ2v) is 4.59. The van der Waals surface area contributed by atoms with Crippen molar-refractivity contribution in [3.05, 3.63) is 65.2 Å². The molecule has 0 radical (unpaired) electrons. The lowest BCUT2D eigenvalue weighted by Gasteiger charge is -2.03. The third-order valence-electron chi connectivity index (χ3n) is 3.18.